The van der Waals surface area contributed by atoms with E-state index >= 15 is 0 Å². The quantitative estimate of drug-likeness (QED) is 0.256. The molecule has 4 aliphatic rings. The normalized spacial score (nSPS) is 22.5. The van der Waals surface area contributed by atoms with Crippen LogP contribution >= 0.6 is 0 Å². The number of aromatic amines is 1. The van der Waals surface area contributed by atoms with Gasteiger partial charge in [-0.15, -0.1) is 0 Å². The molecule has 4 heterocycles. The molecule has 0 bridgehead atoms. The number of rotatable bonds is 7. The van der Waals surface area contributed by atoms with E-state index in [2.05, 4.69) is 44.0 Å². The fraction of sp³-hybridized carbons (Fsp3) is 0.429. The van der Waals surface area contributed by atoms with E-state index in [4.69, 9.17) is 10.5 Å². The smallest absolute Gasteiger partial charge is 0.252 e. The lowest BCUT2D eigenvalue weighted by Crippen LogP contribution is -2.54. The molecule has 2 aromatic carbocycles. The number of carbonyl (C=O) groups excluding carboxylic acids is 1. The predicted octanol–water partition coefficient (Wildman–Crippen LogP) is 6.92. The van der Waals surface area contributed by atoms with Crippen LogP contribution in [-0.4, -0.2) is 46.5 Å². The molecule has 216 valence electrons. The Morgan fingerprint density at radius 3 is 2.57 bits per heavy atom. The molecule has 2 aliphatic heterocycles. The third-order valence-corrected chi connectivity index (χ3v) is 10.5. The molecule has 0 radical (unpaired) electrons. The summed E-state index contributed by atoms with van der Waals surface area (Å²) in [6.45, 7) is 3.29. The molecular formula is C35H39N5O2. The zero-order valence-corrected chi connectivity index (χ0v) is 24.1. The number of primary amides is 1. The number of nitrogens with one attached hydrogen (secondary N) is 1. The molecule has 1 atom stereocenters. The van der Waals surface area contributed by atoms with E-state index in [-0.39, 0.29) is 0 Å². The molecule has 2 saturated heterocycles. The number of hydrogen-bond donors (Lipinski definition) is 2. The number of amides is 1. The summed E-state index contributed by atoms with van der Waals surface area (Å²) in [6.07, 6.45) is 14.0. The third kappa shape index (κ3) is 4.64. The van der Waals surface area contributed by atoms with Crippen molar-refractivity contribution in [2.24, 2.45) is 11.1 Å². The van der Waals surface area contributed by atoms with Crippen LogP contribution in [0.3, 0.4) is 0 Å². The molecule has 42 heavy (non-hydrogen) atoms. The standard InChI is InChI=1S/C35H39N5O2/c36-33(41)30-10-9-25(19-32(30)42-27-18-24-11-14-37-34(24)38-22-27)39-16-12-35(13-17-39)20-26(21-35)40-15-3-6-31(40)29-5-2-1-4-28(29)23-7-8-23/h1-2,4-5,9-11,14,18-19,22-23,26,31H,3,6-8,12-13,15-17,20-21H2,(H2,36,41)(H,37,38)/t31-/m1/s1. The van der Waals surface area contributed by atoms with Gasteiger partial charge in [0.05, 0.1) is 11.8 Å². The number of anilines is 1. The lowest BCUT2D eigenvalue weighted by molar-refractivity contribution is -0.0227. The van der Waals surface area contributed by atoms with Crippen molar-refractivity contribution >= 4 is 22.6 Å². The highest BCUT2D eigenvalue weighted by Crippen LogP contribution is 2.55. The van der Waals surface area contributed by atoms with Crippen LogP contribution in [0, 0.1) is 5.41 Å². The van der Waals surface area contributed by atoms with Gasteiger partial charge in [-0.25, -0.2) is 4.98 Å². The van der Waals surface area contributed by atoms with Gasteiger partial charge in [-0.2, -0.15) is 0 Å². The number of hydrogen-bond acceptors (Lipinski definition) is 5. The summed E-state index contributed by atoms with van der Waals surface area (Å²) in [7, 11) is 0. The van der Waals surface area contributed by atoms with Gasteiger partial charge < -0.3 is 20.4 Å². The molecule has 2 aromatic heterocycles. The Balaban J connectivity index is 0.936. The van der Waals surface area contributed by atoms with Gasteiger partial charge in [0.1, 0.15) is 17.1 Å². The average molecular weight is 562 g/mol. The van der Waals surface area contributed by atoms with Gasteiger partial charge in [0.25, 0.3) is 5.91 Å². The van der Waals surface area contributed by atoms with Crippen LogP contribution in [0.1, 0.15) is 84.8 Å². The number of carbonyl (C=O) groups is 1. The number of benzene rings is 2. The van der Waals surface area contributed by atoms with Crippen molar-refractivity contribution in [1.82, 2.24) is 14.9 Å². The summed E-state index contributed by atoms with van der Waals surface area (Å²) in [5.41, 5.74) is 11.7. The second kappa shape index (κ2) is 10.2. The topological polar surface area (TPSA) is 87.5 Å². The number of piperidine rings is 1. The van der Waals surface area contributed by atoms with Crippen LogP contribution in [-0.2, 0) is 0 Å². The molecule has 8 rings (SSSR count). The summed E-state index contributed by atoms with van der Waals surface area (Å²) < 4.78 is 6.19. The van der Waals surface area contributed by atoms with Gasteiger partial charge in [-0.1, -0.05) is 24.3 Å². The number of nitrogens with zero attached hydrogens (tertiary/aromatic N) is 3. The van der Waals surface area contributed by atoms with Gasteiger partial charge in [0.15, 0.2) is 0 Å². The Hall–Kier alpha value is -3.84. The van der Waals surface area contributed by atoms with Gasteiger partial charge in [0, 0.05) is 48.5 Å². The summed E-state index contributed by atoms with van der Waals surface area (Å²) in [6, 6.07) is 20.3. The third-order valence-electron chi connectivity index (χ3n) is 10.5. The number of aromatic nitrogens is 2. The molecule has 1 spiro atoms. The maximum atomic E-state index is 12.2. The van der Waals surface area contributed by atoms with E-state index in [0.29, 0.717) is 28.5 Å². The van der Waals surface area contributed by atoms with Crippen molar-refractivity contribution in [2.45, 2.75) is 69.4 Å². The van der Waals surface area contributed by atoms with Crippen LogP contribution in [0.5, 0.6) is 11.5 Å². The molecule has 2 aliphatic carbocycles. The number of H-pyrrole nitrogens is 1. The second-order valence-electron chi connectivity index (χ2n) is 13.1. The fourth-order valence-electron chi connectivity index (χ4n) is 8.06. The highest BCUT2D eigenvalue weighted by molar-refractivity contribution is 5.96. The maximum absolute atomic E-state index is 12.2. The highest BCUT2D eigenvalue weighted by Gasteiger charge is 2.50. The summed E-state index contributed by atoms with van der Waals surface area (Å²) in [5, 5.41) is 0.955. The molecule has 0 unspecified atom stereocenters. The number of likely N-dealkylation sites (tertiary alicyclic amines) is 1. The van der Waals surface area contributed by atoms with E-state index in [1.54, 1.807) is 23.4 Å². The zero-order chi connectivity index (χ0) is 28.3. The van der Waals surface area contributed by atoms with E-state index in [1.807, 2.05) is 30.5 Å². The van der Waals surface area contributed by atoms with Gasteiger partial charge in [-0.3, -0.25) is 9.69 Å². The Morgan fingerprint density at radius 1 is 0.976 bits per heavy atom. The van der Waals surface area contributed by atoms with E-state index in [1.165, 1.54) is 57.9 Å². The molecule has 7 heteroatoms. The number of pyridine rings is 1. The van der Waals surface area contributed by atoms with Crippen molar-refractivity contribution in [3.8, 4) is 11.5 Å². The monoisotopic (exact) mass is 561 g/mol. The highest BCUT2D eigenvalue weighted by atomic mass is 16.5. The molecule has 4 aromatic rings. The first-order valence-corrected chi connectivity index (χ1v) is 15.7. The lowest BCUT2D eigenvalue weighted by Gasteiger charge is -2.56. The van der Waals surface area contributed by atoms with Crippen LogP contribution in [0.2, 0.25) is 0 Å². The Kier molecular flexibility index (Phi) is 6.25. The number of fused-ring (bicyclic) bond motifs is 1. The molecule has 4 fully saturated rings. The Morgan fingerprint density at radius 2 is 1.79 bits per heavy atom. The molecule has 7 nitrogen and oxygen atoms in total. The molecule has 3 N–H and O–H groups in total. The minimum absolute atomic E-state index is 0.381. The second-order valence-corrected chi connectivity index (χ2v) is 13.1. The van der Waals surface area contributed by atoms with Gasteiger partial charge in [0.2, 0.25) is 0 Å². The minimum atomic E-state index is -0.495. The molecule has 2 saturated carbocycles. The first kappa shape index (κ1) is 25.8. The first-order valence-electron chi connectivity index (χ1n) is 15.7. The number of nitrogens with two attached hydrogens (primary N) is 1. The van der Waals surface area contributed by atoms with Crippen molar-refractivity contribution < 1.29 is 9.53 Å². The molecule has 1 amide bonds. The van der Waals surface area contributed by atoms with E-state index in [9.17, 15) is 4.79 Å². The Bertz CT molecular complexity index is 1630. The lowest BCUT2D eigenvalue weighted by atomic mass is 9.59. The van der Waals surface area contributed by atoms with Crippen molar-refractivity contribution in [3.05, 3.63) is 83.7 Å². The maximum Gasteiger partial charge on any atom is 0.252 e. The van der Waals surface area contributed by atoms with Crippen LogP contribution < -0.4 is 15.4 Å². The SMILES string of the molecule is NC(=O)c1ccc(N2CCC3(CC2)CC(N2CCC[C@@H]2c2ccccc2C2CC2)C3)cc1Oc1cnc2[nH]ccc2c1. The van der Waals surface area contributed by atoms with E-state index < -0.39 is 5.91 Å². The van der Waals surface area contributed by atoms with Gasteiger partial charge >= 0.3 is 0 Å². The summed E-state index contributed by atoms with van der Waals surface area (Å²) in [5.74, 6) is 1.38. The largest absolute Gasteiger partial charge is 0.455 e. The van der Waals surface area contributed by atoms with Crippen molar-refractivity contribution in [3.63, 3.8) is 0 Å². The van der Waals surface area contributed by atoms with E-state index in [0.717, 1.165) is 41.8 Å². The first-order chi connectivity index (χ1) is 20.6. The van der Waals surface area contributed by atoms with Crippen molar-refractivity contribution in [1.29, 1.82) is 0 Å². The van der Waals surface area contributed by atoms with Gasteiger partial charge in [-0.05, 0) is 105 Å². The fourth-order valence-corrected chi connectivity index (χ4v) is 8.06. The summed E-state index contributed by atoms with van der Waals surface area (Å²) >= 11 is 0. The van der Waals surface area contributed by atoms with Crippen LogP contribution in [0.15, 0.2) is 67.0 Å². The minimum Gasteiger partial charge on any atom is -0.455 e. The zero-order valence-electron chi connectivity index (χ0n) is 24.1. The number of ether oxygens (including phenoxy) is 1. The average Bonchev–Trinajstić information content (AvgIpc) is 3.54. The van der Waals surface area contributed by atoms with Crippen LogP contribution in [0.4, 0.5) is 5.69 Å². The van der Waals surface area contributed by atoms with Crippen molar-refractivity contribution in [2.75, 3.05) is 24.5 Å². The predicted molar refractivity (Wildman–Crippen MR) is 165 cm³/mol. The Labute approximate surface area is 247 Å². The summed E-state index contributed by atoms with van der Waals surface area (Å²) in [4.78, 5) is 25.0. The van der Waals surface area contributed by atoms with Crippen LogP contribution in [0.25, 0.3) is 11.0 Å². The molecular weight excluding hydrogens is 522 g/mol.